The van der Waals surface area contributed by atoms with Gasteiger partial charge >= 0.3 is 5.97 Å². The van der Waals surface area contributed by atoms with Crippen molar-refractivity contribution < 1.29 is 9.90 Å². The Labute approximate surface area is 58.2 Å². The molecule has 0 spiro atoms. The third-order valence-corrected chi connectivity index (χ3v) is 0.527. The minimum atomic E-state index is -1.16. The predicted octanol–water partition coefficient (Wildman–Crippen LogP) is 0.435. The monoisotopic (exact) mass is 148 g/mol. The molecule has 0 aliphatic carbocycles. The van der Waals surface area contributed by atoms with Crippen LogP contribution in [0.3, 0.4) is 0 Å². The second kappa shape index (κ2) is 5.06. The molecule has 0 saturated carbocycles. The topological polar surface area (TPSA) is 73.5 Å². The van der Waals surface area contributed by atoms with Crippen molar-refractivity contribution in [1.29, 1.82) is 5.26 Å². The van der Waals surface area contributed by atoms with Gasteiger partial charge in [0.2, 0.25) is 6.19 Å². The largest absolute Gasteiger partial charge is 0.477 e. The minimum absolute atomic E-state index is 0. The predicted molar refractivity (Wildman–Crippen MR) is 33.6 cm³/mol. The van der Waals surface area contributed by atoms with Gasteiger partial charge in [0.25, 0.3) is 0 Å². The molecule has 0 aromatic heterocycles. The fourth-order valence-corrected chi connectivity index (χ4v) is 0.123. The highest BCUT2D eigenvalue weighted by atomic mass is 35.5. The number of halogens is 1. The van der Waals surface area contributed by atoms with Crippen LogP contribution in [0.2, 0.25) is 0 Å². The Morgan fingerprint density at radius 1 is 1.78 bits per heavy atom. The summed E-state index contributed by atoms with van der Waals surface area (Å²) in [5, 5.41) is 15.8. The summed E-state index contributed by atoms with van der Waals surface area (Å²) in [7, 11) is 0. The van der Waals surface area contributed by atoms with Gasteiger partial charge in [-0.2, -0.15) is 10.3 Å². The zero-order chi connectivity index (χ0) is 6.57. The number of aliphatic carboxylic acids is 1. The second-order valence-corrected chi connectivity index (χ2v) is 1.10. The first-order valence-corrected chi connectivity index (χ1v) is 1.85. The highest BCUT2D eigenvalue weighted by Gasteiger charge is 1.98. The molecule has 0 radical (unpaired) electrons. The van der Waals surface area contributed by atoms with Crippen LogP contribution >= 0.6 is 12.4 Å². The van der Waals surface area contributed by atoms with Gasteiger partial charge < -0.3 is 5.11 Å². The summed E-state index contributed by atoms with van der Waals surface area (Å²) in [6, 6.07) is 0. The lowest BCUT2D eigenvalue weighted by molar-refractivity contribution is -0.129. The first-order valence-electron chi connectivity index (χ1n) is 1.85. The van der Waals surface area contributed by atoms with Crippen molar-refractivity contribution in [3.8, 4) is 6.19 Å². The maximum Gasteiger partial charge on any atom is 0.350 e. The summed E-state index contributed by atoms with van der Waals surface area (Å²) >= 11 is 0. The summed E-state index contributed by atoms with van der Waals surface area (Å²) in [5.41, 5.74) is -0.187. The van der Waals surface area contributed by atoms with Crippen LogP contribution in [0, 0.1) is 11.5 Å². The quantitative estimate of drug-likeness (QED) is 0.433. The molecule has 1 N–H and O–H groups in total. The summed E-state index contributed by atoms with van der Waals surface area (Å²) in [5.74, 6) is -1.16. The molecule has 4 nitrogen and oxygen atoms in total. The summed E-state index contributed by atoms with van der Waals surface area (Å²) in [4.78, 5) is 12.8. The van der Waals surface area contributed by atoms with E-state index >= 15 is 0 Å². The summed E-state index contributed by atoms with van der Waals surface area (Å²) < 4.78 is 0. The van der Waals surface area contributed by atoms with Crippen LogP contribution in [-0.2, 0) is 4.79 Å². The number of carboxylic acid groups (broad SMARTS) is 1. The van der Waals surface area contributed by atoms with E-state index in [0.717, 1.165) is 0 Å². The molecule has 5 heteroatoms. The van der Waals surface area contributed by atoms with E-state index in [0.29, 0.717) is 0 Å². The number of carboxylic acids is 1. The molecule has 9 heavy (non-hydrogen) atoms. The second-order valence-electron chi connectivity index (χ2n) is 1.10. The lowest BCUT2D eigenvalue weighted by Gasteiger charge is -1.81. The zero-order valence-corrected chi connectivity index (χ0v) is 5.47. The average Bonchev–Trinajstić information content (AvgIpc) is 1.67. The first kappa shape index (κ1) is 10.8. The van der Waals surface area contributed by atoms with Crippen LogP contribution in [-0.4, -0.2) is 16.8 Å². The van der Waals surface area contributed by atoms with E-state index in [1.165, 1.54) is 13.1 Å². The fraction of sp³-hybridized carbons (Fsp3) is 0.250. The molecule has 0 aliphatic rings. The van der Waals surface area contributed by atoms with Crippen LogP contribution in [0.15, 0.2) is 4.99 Å². The lowest BCUT2D eigenvalue weighted by Crippen LogP contribution is -2.06. The Kier molecular flexibility index (Phi) is 6.09. The van der Waals surface area contributed by atoms with Crippen LogP contribution in [0.25, 0.3) is 0 Å². The van der Waals surface area contributed by atoms with Gasteiger partial charge in [0.15, 0.2) is 0 Å². The Morgan fingerprint density at radius 2 is 2.22 bits per heavy atom. The van der Waals surface area contributed by atoms with Gasteiger partial charge in [0.1, 0.15) is 5.71 Å². The van der Waals surface area contributed by atoms with Crippen molar-refractivity contribution in [3.63, 3.8) is 0 Å². The molecule has 0 atom stereocenters. The van der Waals surface area contributed by atoms with Crippen molar-refractivity contribution in [2.24, 2.45) is 4.99 Å². The van der Waals surface area contributed by atoms with E-state index in [-0.39, 0.29) is 18.1 Å². The molecular formula is C4H5ClN2O2. The molecule has 0 rings (SSSR count). The fourth-order valence-electron chi connectivity index (χ4n) is 0.123. The lowest BCUT2D eigenvalue weighted by atomic mass is 10.4. The summed E-state index contributed by atoms with van der Waals surface area (Å²) in [6.07, 6.45) is 1.36. The van der Waals surface area contributed by atoms with Crippen molar-refractivity contribution in [1.82, 2.24) is 0 Å². The number of hydrogen-bond acceptors (Lipinski definition) is 3. The standard InChI is InChI=1S/C4H4N2O2.ClH/c1-3(4(7)8)6-2-5;/h1H3,(H,7,8);1H. The third-order valence-electron chi connectivity index (χ3n) is 0.527. The Balaban J connectivity index is 0. The van der Waals surface area contributed by atoms with Gasteiger partial charge in [-0.3, -0.25) is 0 Å². The van der Waals surface area contributed by atoms with Crippen molar-refractivity contribution in [2.75, 3.05) is 0 Å². The van der Waals surface area contributed by atoms with Gasteiger partial charge in [-0.1, -0.05) is 0 Å². The van der Waals surface area contributed by atoms with E-state index < -0.39 is 5.97 Å². The normalized spacial score (nSPS) is 9.11. The number of carbonyl (C=O) groups is 1. The number of nitriles is 1. The number of nitrogens with zero attached hydrogens (tertiary/aromatic N) is 2. The smallest absolute Gasteiger partial charge is 0.350 e. The molecule has 0 aliphatic heterocycles. The Bertz CT molecular complexity index is 170. The van der Waals surface area contributed by atoms with Gasteiger partial charge in [-0.25, -0.2) is 4.79 Å². The molecule has 0 fully saturated rings. The van der Waals surface area contributed by atoms with Crippen LogP contribution in [0.1, 0.15) is 6.92 Å². The maximum absolute atomic E-state index is 9.81. The van der Waals surface area contributed by atoms with Crippen molar-refractivity contribution in [2.45, 2.75) is 6.92 Å². The highest BCUT2D eigenvalue weighted by Crippen LogP contribution is 1.73. The van der Waals surface area contributed by atoms with E-state index in [2.05, 4.69) is 4.99 Å². The van der Waals surface area contributed by atoms with Gasteiger partial charge in [-0.05, 0) is 6.92 Å². The average molecular weight is 149 g/mol. The SMILES string of the molecule is CC(=NC#N)C(=O)O.Cl. The van der Waals surface area contributed by atoms with Crippen molar-refractivity contribution >= 4 is 24.1 Å². The van der Waals surface area contributed by atoms with E-state index in [1.54, 1.807) is 0 Å². The van der Waals surface area contributed by atoms with E-state index in [4.69, 9.17) is 10.4 Å². The van der Waals surface area contributed by atoms with Gasteiger partial charge in [0.05, 0.1) is 0 Å². The molecule has 0 aromatic rings. The zero-order valence-electron chi connectivity index (χ0n) is 4.66. The van der Waals surface area contributed by atoms with Crippen LogP contribution in [0.5, 0.6) is 0 Å². The molecule has 0 amide bonds. The summed E-state index contributed by atoms with van der Waals surface area (Å²) in [6.45, 7) is 1.26. The minimum Gasteiger partial charge on any atom is -0.477 e. The van der Waals surface area contributed by atoms with Gasteiger partial charge in [0, 0.05) is 0 Å². The van der Waals surface area contributed by atoms with Gasteiger partial charge in [-0.15, -0.1) is 12.4 Å². The molecule has 0 unspecified atom stereocenters. The molecule has 0 aromatic carbocycles. The van der Waals surface area contributed by atoms with Crippen LogP contribution in [0.4, 0.5) is 0 Å². The van der Waals surface area contributed by atoms with Crippen LogP contribution < -0.4 is 0 Å². The third kappa shape index (κ3) is 4.78. The number of aliphatic imine (C=N–C) groups is 1. The Morgan fingerprint density at radius 3 is 2.33 bits per heavy atom. The number of rotatable bonds is 1. The maximum atomic E-state index is 9.81. The molecule has 0 heterocycles. The highest BCUT2D eigenvalue weighted by molar-refractivity contribution is 6.34. The van der Waals surface area contributed by atoms with E-state index in [9.17, 15) is 4.79 Å². The Hall–Kier alpha value is -1.08. The van der Waals surface area contributed by atoms with Crippen molar-refractivity contribution in [3.05, 3.63) is 0 Å². The first-order chi connectivity index (χ1) is 3.68. The number of hydrogen-bond donors (Lipinski definition) is 1. The molecule has 0 bridgehead atoms. The molecular weight excluding hydrogens is 144 g/mol. The molecule has 50 valence electrons. The van der Waals surface area contributed by atoms with E-state index in [1.807, 2.05) is 0 Å². The molecule has 0 saturated heterocycles.